The first-order valence-electron chi connectivity index (χ1n) is 4.46. The summed E-state index contributed by atoms with van der Waals surface area (Å²) >= 11 is 0. The van der Waals surface area contributed by atoms with Gasteiger partial charge in [-0.25, -0.2) is 9.37 Å². The van der Waals surface area contributed by atoms with Crippen molar-refractivity contribution in [2.75, 3.05) is 0 Å². The smallest absolute Gasteiger partial charge is 0.311 e. The standard InChI is InChI=1S/C10H7FN2O3/c11-5-1-2-6-7(3-5)12-8(4-9(14)15)13-10(6)16/h1-3H,4H2,(H,14,15)(H,12,13,16). The largest absolute Gasteiger partial charge is 0.481 e. The normalized spacial score (nSPS) is 10.6. The van der Waals surface area contributed by atoms with Crippen molar-refractivity contribution in [1.29, 1.82) is 0 Å². The molecule has 1 aromatic heterocycles. The monoisotopic (exact) mass is 222 g/mol. The van der Waals surface area contributed by atoms with Gasteiger partial charge in [-0.05, 0) is 12.1 Å². The van der Waals surface area contributed by atoms with Crippen molar-refractivity contribution in [3.63, 3.8) is 0 Å². The van der Waals surface area contributed by atoms with Crippen molar-refractivity contribution in [2.24, 2.45) is 0 Å². The number of carboxylic acids is 1. The maximum absolute atomic E-state index is 12.9. The highest BCUT2D eigenvalue weighted by atomic mass is 19.1. The minimum Gasteiger partial charge on any atom is -0.481 e. The van der Waals surface area contributed by atoms with Crippen molar-refractivity contribution in [1.82, 2.24) is 9.97 Å². The van der Waals surface area contributed by atoms with Crippen molar-refractivity contribution in [2.45, 2.75) is 6.42 Å². The van der Waals surface area contributed by atoms with Gasteiger partial charge in [0.15, 0.2) is 0 Å². The number of benzene rings is 1. The molecule has 0 unspecified atom stereocenters. The summed E-state index contributed by atoms with van der Waals surface area (Å²) in [7, 11) is 0. The molecular weight excluding hydrogens is 215 g/mol. The van der Waals surface area contributed by atoms with E-state index >= 15 is 0 Å². The highest BCUT2D eigenvalue weighted by Crippen LogP contribution is 2.09. The summed E-state index contributed by atoms with van der Waals surface area (Å²) < 4.78 is 12.9. The number of aromatic nitrogens is 2. The third-order valence-electron chi connectivity index (χ3n) is 2.04. The number of rotatable bonds is 2. The number of halogens is 1. The van der Waals surface area contributed by atoms with Gasteiger partial charge >= 0.3 is 5.97 Å². The SMILES string of the molecule is O=C(O)Cc1nc2cc(F)ccc2c(=O)[nH]1. The van der Waals surface area contributed by atoms with Crippen LogP contribution in [0.15, 0.2) is 23.0 Å². The van der Waals surface area contributed by atoms with Crippen LogP contribution in [0.1, 0.15) is 5.82 Å². The Balaban J connectivity index is 2.65. The topological polar surface area (TPSA) is 83.0 Å². The Kier molecular flexibility index (Phi) is 2.40. The molecule has 0 radical (unpaired) electrons. The summed E-state index contributed by atoms with van der Waals surface area (Å²) in [5.74, 6) is -1.62. The van der Waals surface area contributed by atoms with Crippen LogP contribution in [0.4, 0.5) is 4.39 Å². The van der Waals surface area contributed by atoms with Crippen LogP contribution >= 0.6 is 0 Å². The summed E-state index contributed by atoms with van der Waals surface area (Å²) in [6.45, 7) is 0. The molecule has 0 aliphatic carbocycles. The lowest BCUT2D eigenvalue weighted by atomic mass is 10.2. The van der Waals surface area contributed by atoms with E-state index in [0.29, 0.717) is 0 Å². The zero-order valence-corrected chi connectivity index (χ0v) is 8.03. The van der Waals surface area contributed by atoms with E-state index in [2.05, 4.69) is 9.97 Å². The maximum atomic E-state index is 12.9. The molecule has 0 atom stereocenters. The molecule has 2 rings (SSSR count). The van der Waals surface area contributed by atoms with Gasteiger partial charge in [-0.1, -0.05) is 0 Å². The molecule has 1 heterocycles. The van der Waals surface area contributed by atoms with Crippen LogP contribution < -0.4 is 5.56 Å². The number of hydrogen-bond acceptors (Lipinski definition) is 3. The van der Waals surface area contributed by atoms with E-state index in [4.69, 9.17) is 5.11 Å². The molecule has 0 spiro atoms. The molecule has 82 valence electrons. The van der Waals surface area contributed by atoms with E-state index < -0.39 is 23.8 Å². The third-order valence-corrected chi connectivity index (χ3v) is 2.04. The van der Waals surface area contributed by atoms with Crippen molar-refractivity contribution in [3.8, 4) is 0 Å². The number of H-pyrrole nitrogens is 1. The minimum atomic E-state index is -1.11. The molecule has 16 heavy (non-hydrogen) atoms. The average Bonchev–Trinajstić information content (AvgIpc) is 2.15. The zero-order chi connectivity index (χ0) is 11.7. The lowest BCUT2D eigenvalue weighted by Crippen LogP contribution is -2.14. The average molecular weight is 222 g/mol. The lowest BCUT2D eigenvalue weighted by Gasteiger charge is -2.00. The van der Waals surface area contributed by atoms with Crippen LogP contribution in [-0.4, -0.2) is 21.0 Å². The van der Waals surface area contributed by atoms with Crippen molar-refractivity contribution >= 4 is 16.9 Å². The summed E-state index contributed by atoms with van der Waals surface area (Å²) in [6, 6.07) is 3.55. The quantitative estimate of drug-likeness (QED) is 0.783. The molecule has 0 aliphatic heterocycles. The molecule has 5 nitrogen and oxygen atoms in total. The molecule has 0 saturated carbocycles. The van der Waals surface area contributed by atoms with Crippen molar-refractivity contribution < 1.29 is 14.3 Å². The number of carboxylic acid groups (broad SMARTS) is 1. The Morgan fingerprint density at radius 2 is 2.25 bits per heavy atom. The molecule has 0 amide bonds. The van der Waals surface area contributed by atoms with Gasteiger partial charge in [0.05, 0.1) is 10.9 Å². The van der Waals surface area contributed by atoms with E-state index in [9.17, 15) is 14.0 Å². The first-order valence-corrected chi connectivity index (χ1v) is 4.46. The minimum absolute atomic E-state index is 0.00981. The second-order valence-electron chi connectivity index (χ2n) is 3.24. The molecule has 0 aliphatic rings. The second-order valence-corrected chi connectivity index (χ2v) is 3.24. The number of nitrogens with one attached hydrogen (secondary N) is 1. The molecule has 0 bridgehead atoms. The Morgan fingerprint density at radius 3 is 2.94 bits per heavy atom. The van der Waals surface area contributed by atoms with Gasteiger partial charge in [-0.3, -0.25) is 9.59 Å². The number of aromatic amines is 1. The van der Waals surface area contributed by atoms with Gasteiger partial charge in [0.2, 0.25) is 0 Å². The predicted octanol–water partition coefficient (Wildman–Crippen LogP) is 0.689. The fraction of sp³-hybridized carbons (Fsp3) is 0.100. The van der Waals surface area contributed by atoms with Crippen LogP contribution in [-0.2, 0) is 11.2 Å². The predicted molar refractivity (Wildman–Crippen MR) is 53.7 cm³/mol. The van der Waals surface area contributed by atoms with Crippen LogP contribution in [0.25, 0.3) is 10.9 Å². The second kappa shape index (κ2) is 3.73. The first-order chi connectivity index (χ1) is 7.56. The highest BCUT2D eigenvalue weighted by Gasteiger charge is 2.07. The third kappa shape index (κ3) is 1.90. The molecular formula is C10H7FN2O3. The van der Waals surface area contributed by atoms with Crippen LogP contribution in [0.5, 0.6) is 0 Å². The van der Waals surface area contributed by atoms with Crippen LogP contribution in [0.2, 0.25) is 0 Å². The number of hydrogen-bond donors (Lipinski definition) is 2. The number of nitrogens with zero attached hydrogens (tertiary/aromatic N) is 1. The van der Waals surface area contributed by atoms with E-state index in [1.54, 1.807) is 0 Å². The highest BCUT2D eigenvalue weighted by molar-refractivity contribution is 5.78. The van der Waals surface area contributed by atoms with Crippen LogP contribution in [0, 0.1) is 5.82 Å². The van der Waals surface area contributed by atoms with Gasteiger partial charge < -0.3 is 10.1 Å². The van der Waals surface area contributed by atoms with Gasteiger partial charge in [0.1, 0.15) is 18.1 Å². The molecule has 1 aromatic carbocycles. The van der Waals surface area contributed by atoms with E-state index in [0.717, 1.165) is 12.1 Å². The maximum Gasteiger partial charge on any atom is 0.311 e. The van der Waals surface area contributed by atoms with Crippen LogP contribution in [0.3, 0.4) is 0 Å². The Labute approximate surface area is 88.6 Å². The van der Waals surface area contributed by atoms with E-state index in [-0.39, 0.29) is 16.7 Å². The van der Waals surface area contributed by atoms with E-state index in [1.807, 2.05) is 0 Å². The van der Waals surface area contributed by atoms with Gasteiger partial charge in [0, 0.05) is 6.07 Å². The van der Waals surface area contributed by atoms with E-state index in [1.165, 1.54) is 6.07 Å². The summed E-state index contributed by atoms with van der Waals surface area (Å²) in [5.41, 5.74) is -0.318. The zero-order valence-electron chi connectivity index (χ0n) is 8.03. The molecule has 0 saturated heterocycles. The summed E-state index contributed by atoms with van der Waals surface area (Å²) in [5, 5.41) is 8.78. The lowest BCUT2D eigenvalue weighted by molar-refractivity contribution is -0.136. The Morgan fingerprint density at radius 1 is 1.50 bits per heavy atom. The van der Waals surface area contributed by atoms with Gasteiger partial charge in [-0.2, -0.15) is 0 Å². The molecule has 2 aromatic rings. The molecule has 0 fully saturated rings. The fourth-order valence-electron chi connectivity index (χ4n) is 1.39. The number of aliphatic carboxylic acids is 1. The number of carbonyl (C=O) groups is 1. The molecule has 2 N–H and O–H groups in total. The Hall–Kier alpha value is -2.24. The van der Waals surface area contributed by atoms with Gasteiger partial charge in [-0.15, -0.1) is 0 Å². The van der Waals surface area contributed by atoms with Gasteiger partial charge in [0.25, 0.3) is 5.56 Å². The first kappa shape index (κ1) is 10.3. The fourth-order valence-corrected chi connectivity index (χ4v) is 1.39. The Bertz CT molecular complexity index is 621. The summed E-state index contributed by atoms with van der Waals surface area (Å²) in [6.07, 6.45) is -0.401. The summed E-state index contributed by atoms with van der Waals surface area (Å²) in [4.78, 5) is 28.1. The number of fused-ring (bicyclic) bond motifs is 1. The molecule has 6 heteroatoms. The van der Waals surface area contributed by atoms with Crippen molar-refractivity contribution in [3.05, 3.63) is 40.2 Å².